The van der Waals surface area contributed by atoms with Crippen molar-refractivity contribution in [2.45, 2.75) is 70.1 Å². The largest absolute Gasteiger partial charge is 0.466 e. The molecule has 0 saturated carbocycles. The molecule has 3 fully saturated rings. The van der Waals surface area contributed by atoms with Crippen LogP contribution in [0, 0.1) is 17.8 Å². The van der Waals surface area contributed by atoms with E-state index in [0.29, 0.717) is 25.8 Å². The Morgan fingerprint density at radius 2 is 1.90 bits per heavy atom. The van der Waals surface area contributed by atoms with Gasteiger partial charge in [0.15, 0.2) is 0 Å². The molecule has 2 aromatic carbocycles. The van der Waals surface area contributed by atoms with Crippen molar-refractivity contribution in [1.82, 2.24) is 4.90 Å². The van der Waals surface area contributed by atoms with Crippen LogP contribution in [0.1, 0.15) is 52.9 Å². The third-order valence-electron chi connectivity index (χ3n) is 9.52. The molecule has 3 saturated heterocycles. The third-order valence-corrected chi connectivity index (χ3v) is 9.52. The predicted octanol–water partition coefficient (Wildman–Crippen LogP) is 4.49. The van der Waals surface area contributed by atoms with Gasteiger partial charge in [-0.3, -0.25) is 14.4 Å². The maximum Gasteiger partial charge on any atom is 0.312 e. The van der Waals surface area contributed by atoms with E-state index in [0.717, 1.165) is 29.3 Å². The van der Waals surface area contributed by atoms with Crippen molar-refractivity contribution in [3.8, 4) is 0 Å². The van der Waals surface area contributed by atoms with E-state index in [1.807, 2.05) is 56.3 Å². The maximum atomic E-state index is 14.8. The second-order valence-corrected chi connectivity index (χ2v) is 11.9. The average molecular weight is 563 g/mol. The van der Waals surface area contributed by atoms with Gasteiger partial charge in [0.25, 0.3) is 5.91 Å². The molecule has 1 spiro atoms. The molecule has 2 bridgehead atoms. The number of likely N-dealkylation sites (tertiary alicyclic amines) is 1. The fourth-order valence-corrected chi connectivity index (χ4v) is 7.54. The van der Waals surface area contributed by atoms with Crippen molar-refractivity contribution >= 4 is 34.2 Å². The summed E-state index contributed by atoms with van der Waals surface area (Å²) in [7, 11) is 0. The molecule has 220 valence electrons. The first-order valence-corrected chi connectivity index (χ1v) is 14.9. The second kappa shape index (κ2) is 11.6. The monoisotopic (exact) mass is 562 g/mol. The molecule has 2 aromatic rings. The van der Waals surface area contributed by atoms with Crippen molar-refractivity contribution in [3.63, 3.8) is 0 Å². The molecule has 1 N–H and O–H groups in total. The number of hydrogen-bond donors (Lipinski definition) is 1. The lowest BCUT2D eigenvalue weighted by Gasteiger charge is -2.37. The van der Waals surface area contributed by atoms with Gasteiger partial charge in [-0.15, -0.1) is 6.58 Å². The minimum atomic E-state index is -1.12. The number of nitrogens with zero attached hydrogens (tertiary/aromatic N) is 2. The number of benzene rings is 2. The topological polar surface area (TPSA) is 96.4 Å². The lowest BCUT2D eigenvalue weighted by Crippen LogP contribution is -2.57. The average Bonchev–Trinajstić information content (AvgIpc) is 3.47. The Kier molecular flexibility index (Phi) is 8.26. The molecule has 5 rings (SSSR count). The minimum Gasteiger partial charge on any atom is -0.466 e. The molecule has 3 unspecified atom stereocenters. The fraction of sp³-hybridized carbons (Fsp3) is 0.545. The van der Waals surface area contributed by atoms with E-state index in [2.05, 4.69) is 6.58 Å². The van der Waals surface area contributed by atoms with Crippen LogP contribution < -0.4 is 4.90 Å². The van der Waals surface area contributed by atoms with Crippen LogP contribution in [-0.2, 0) is 23.9 Å². The lowest BCUT2D eigenvalue weighted by molar-refractivity contribution is -0.161. The molecular formula is C33H42N2O6. The van der Waals surface area contributed by atoms with Gasteiger partial charge in [-0.05, 0) is 61.9 Å². The number of amides is 2. The van der Waals surface area contributed by atoms with Crippen molar-refractivity contribution in [3.05, 3.63) is 55.1 Å². The highest BCUT2D eigenvalue weighted by Crippen LogP contribution is 2.65. The van der Waals surface area contributed by atoms with Gasteiger partial charge in [-0.1, -0.05) is 56.2 Å². The number of hydrogen-bond acceptors (Lipinski definition) is 6. The van der Waals surface area contributed by atoms with Gasteiger partial charge in [0.1, 0.15) is 17.6 Å². The zero-order valence-corrected chi connectivity index (χ0v) is 24.4. The zero-order valence-electron chi connectivity index (χ0n) is 24.4. The molecule has 41 heavy (non-hydrogen) atoms. The number of aliphatic hydroxyl groups excluding tert-OH is 1. The Labute approximate surface area is 242 Å². The second-order valence-electron chi connectivity index (χ2n) is 11.9. The lowest BCUT2D eigenvalue weighted by atomic mass is 9.62. The number of anilines is 1. The summed E-state index contributed by atoms with van der Waals surface area (Å²) < 4.78 is 12.3. The first-order chi connectivity index (χ1) is 19.7. The molecule has 8 nitrogen and oxygen atoms in total. The van der Waals surface area contributed by atoms with E-state index in [-0.39, 0.29) is 37.5 Å². The van der Waals surface area contributed by atoms with E-state index in [4.69, 9.17) is 9.47 Å². The molecule has 2 amide bonds. The highest BCUT2D eigenvalue weighted by atomic mass is 16.6. The molecule has 0 aliphatic carbocycles. The van der Waals surface area contributed by atoms with Crippen LogP contribution >= 0.6 is 0 Å². The highest BCUT2D eigenvalue weighted by Gasteiger charge is 2.80. The van der Waals surface area contributed by atoms with Crippen molar-refractivity contribution < 1.29 is 29.0 Å². The van der Waals surface area contributed by atoms with Gasteiger partial charge in [-0.25, -0.2) is 0 Å². The van der Waals surface area contributed by atoms with Crippen LogP contribution in [0.2, 0.25) is 0 Å². The van der Waals surface area contributed by atoms with Crippen LogP contribution in [-0.4, -0.2) is 71.3 Å². The van der Waals surface area contributed by atoms with E-state index in [9.17, 15) is 19.5 Å². The number of carbonyl (C=O) groups excluding carboxylic acids is 3. The zero-order chi connectivity index (χ0) is 29.4. The van der Waals surface area contributed by atoms with Gasteiger partial charge in [-0.2, -0.15) is 0 Å². The van der Waals surface area contributed by atoms with Crippen LogP contribution in [0.15, 0.2) is 55.1 Å². The van der Waals surface area contributed by atoms with Crippen LogP contribution in [0.5, 0.6) is 0 Å². The Morgan fingerprint density at radius 1 is 1.17 bits per heavy atom. The smallest absolute Gasteiger partial charge is 0.312 e. The molecular weight excluding hydrogens is 520 g/mol. The van der Waals surface area contributed by atoms with Crippen molar-refractivity contribution in [1.29, 1.82) is 0 Å². The highest BCUT2D eigenvalue weighted by molar-refractivity contribution is 6.05. The Hall–Kier alpha value is -3.23. The van der Waals surface area contributed by atoms with Gasteiger partial charge in [0, 0.05) is 25.4 Å². The molecule has 0 aromatic heterocycles. The summed E-state index contributed by atoms with van der Waals surface area (Å²) in [6, 6.07) is 13.0. The first-order valence-electron chi connectivity index (χ1n) is 14.9. The summed E-state index contributed by atoms with van der Waals surface area (Å²) in [6.07, 6.45) is 5.24. The fourth-order valence-electron chi connectivity index (χ4n) is 7.54. The number of aliphatic hydroxyl groups is 1. The quantitative estimate of drug-likeness (QED) is 0.233. The molecule has 6 atom stereocenters. The van der Waals surface area contributed by atoms with Crippen LogP contribution in [0.4, 0.5) is 5.69 Å². The number of fused-ring (bicyclic) bond motifs is 2. The predicted molar refractivity (Wildman–Crippen MR) is 157 cm³/mol. The molecule has 0 radical (unpaired) electrons. The van der Waals surface area contributed by atoms with E-state index < -0.39 is 35.0 Å². The summed E-state index contributed by atoms with van der Waals surface area (Å²) in [5.41, 5.74) is -1.30. The SMILES string of the molecule is C=CCN(C(=O)C1N(CCCCCCO)C(=O)[C@@H]2[C@@H](C(=O)OCC)[C@]3(C)OC12CC3C)c1ccc2ccccc2c1. The first kappa shape index (κ1) is 29.3. The van der Waals surface area contributed by atoms with Gasteiger partial charge in [0.2, 0.25) is 5.91 Å². The Balaban J connectivity index is 1.56. The normalized spacial score (nSPS) is 30.0. The van der Waals surface area contributed by atoms with E-state index >= 15 is 0 Å². The van der Waals surface area contributed by atoms with Gasteiger partial charge in [0.05, 0.1) is 18.1 Å². The van der Waals surface area contributed by atoms with Crippen molar-refractivity contribution in [2.24, 2.45) is 17.8 Å². The number of unbranched alkanes of at least 4 members (excludes halogenated alkanes) is 3. The molecule has 3 aliphatic heterocycles. The molecule has 8 heteroatoms. The summed E-state index contributed by atoms with van der Waals surface area (Å²) >= 11 is 0. The van der Waals surface area contributed by atoms with Gasteiger partial charge >= 0.3 is 5.97 Å². The summed E-state index contributed by atoms with van der Waals surface area (Å²) in [4.78, 5) is 45.8. The van der Waals surface area contributed by atoms with E-state index in [1.165, 1.54) is 0 Å². The summed E-state index contributed by atoms with van der Waals surface area (Å²) in [5, 5.41) is 11.3. The maximum absolute atomic E-state index is 14.8. The van der Waals surface area contributed by atoms with Crippen LogP contribution in [0.25, 0.3) is 10.8 Å². The summed E-state index contributed by atoms with van der Waals surface area (Å²) in [6.45, 7) is 10.6. The minimum absolute atomic E-state index is 0.0470. The van der Waals surface area contributed by atoms with E-state index in [1.54, 1.807) is 22.8 Å². The number of ether oxygens (including phenoxy) is 2. The number of esters is 1. The number of rotatable bonds is 12. The third kappa shape index (κ3) is 4.75. The van der Waals surface area contributed by atoms with Crippen molar-refractivity contribution in [2.75, 3.05) is 31.2 Å². The Morgan fingerprint density at radius 3 is 2.61 bits per heavy atom. The Bertz CT molecular complexity index is 1330. The molecule has 3 heterocycles. The van der Waals surface area contributed by atoms with Crippen LogP contribution in [0.3, 0.4) is 0 Å². The number of carbonyl (C=O) groups is 3. The molecule has 3 aliphatic rings. The summed E-state index contributed by atoms with van der Waals surface area (Å²) in [5.74, 6) is -2.48. The van der Waals surface area contributed by atoms with Gasteiger partial charge < -0.3 is 24.4 Å². The standard InChI is InChI=1S/C33H42N2O6/c1-5-17-34(25-16-15-23-13-9-10-14-24(23)20-25)30(38)28-33-21-22(3)32(4,41-33)27(31(39)40-6-2)26(33)29(37)35(28)18-11-7-8-12-19-36/h5,9-10,13-16,20,22,26-28,36H,1,6-8,11-12,17-19,21H2,2-4H3/t22?,26-,27-,28?,32+,33?/m0/s1.